The van der Waals surface area contributed by atoms with Crippen molar-refractivity contribution in [2.75, 3.05) is 13.1 Å². The molecule has 2 N–H and O–H groups in total. The first-order valence-corrected chi connectivity index (χ1v) is 6.87. The zero-order valence-corrected chi connectivity index (χ0v) is 11.1. The summed E-state index contributed by atoms with van der Waals surface area (Å²) in [7, 11) is 0. The minimum atomic E-state index is -0.410. The Morgan fingerprint density at radius 3 is 2.35 bits per heavy atom. The van der Waals surface area contributed by atoms with Crippen molar-refractivity contribution in [1.82, 2.24) is 14.9 Å². The van der Waals surface area contributed by atoms with Gasteiger partial charge in [0.15, 0.2) is 0 Å². The van der Waals surface area contributed by atoms with Crippen molar-refractivity contribution in [3.05, 3.63) is 62.9 Å². The van der Waals surface area contributed by atoms with Crippen molar-refractivity contribution in [3.63, 3.8) is 0 Å². The summed E-state index contributed by atoms with van der Waals surface area (Å²) in [5.74, 6) is 0.595. The van der Waals surface area contributed by atoms with Crippen LogP contribution in [0.1, 0.15) is 24.3 Å². The highest BCUT2D eigenvalue weighted by Crippen LogP contribution is 2.25. The molecule has 0 radical (unpaired) electrons. The fourth-order valence-corrected chi connectivity index (χ4v) is 2.68. The van der Waals surface area contributed by atoms with Crippen LogP contribution in [0.25, 0.3) is 5.69 Å². The SMILES string of the molecule is O=c1ccn(-c2ccc(C3CCNCC3)cc2)c(=O)[nH]1. The van der Waals surface area contributed by atoms with E-state index in [4.69, 9.17) is 0 Å². The molecule has 1 aromatic heterocycles. The maximum atomic E-state index is 11.7. The molecule has 0 amide bonds. The second-order valence-corrected chi connectivity index (χ2v) is 5.10. The maximum Gasteiger partial charge on any atom is 0.332 e. The lowest BCUT2D eigenvalue weighted by atomic mass is 9.90. The Labute approximate surface area is 116 Å². The zero-order valence-electron chi connectivity index (χ0n) is 11.1. The average Bonchev–Trinajstić information content (AvgIpc) is 2.48. The maximum absolute atomic E-state index is 11.7. The van der Waals surface area contributed by atoms with Crippen LogP contribution in [-0.2, 0) is 0 Å². The number of nitrogens with zero attached hydrogens (tertiary/aromatic N) is 1. The molecule has 104 valence electrons. The third-order valence-electron chi connectivity index (χ3n) is 3.81. The third-order valence-corrected chi connectivity index (χ3v) is 3.81. The van der Waals surface area contributed by atoms with Crippen LogP contribution in [0.15, 0.2) is 46.1 Å². The second kappa shape index (κ2) is 5.46. The Morgan fingerprint density at radius 1 is 1.00 bits per heavy atom. The molecule has 2 aromatic rings. The van der Waals surface area contributed by atoms with Crippen LogP contribution >= 0.6 is 0 Å². The first-order valence-electron chi connectivity index (χ1n) is 6.87. The topological polar surface area (TPSA) is 66.9 Å². The van der Waals surface area contributed by atoms with Gasteiger partial charge in [0.2, 0.25) is 0 Å². The Bertz CT molecular complexity index is 694. The van der Waals surface area contributed by atoms with Crippen molar-refractivity contribution >= 4 is 0 Å². The van der Waals surface area contributed by atoms with Gasteiger partial charge in [-0.3, -0.25) is 14.3 Å². The summed E-state index contributed by atoms with van der Waals surface area (Å²) in [6.07, 6.45) is 3.80. The molecule has 2 heterocycles. The lowest BCUT2D eigenvalue weighted by molar-refractivity contribution is 0.460. The standard InChI is InChI=1S/C15H17N3O2/c19-14-7-10-18(15(20)17-14)13-3-1-11(2-4-13)12-5-8-16-9-6-12/h1-4,7,10,12,16H,5-6,8-9H2,(H,17,19,20). The second-order valence-electron chi connectivity index (χ2n) is 5.10. The predicted octanol–water partition coefficient (Wildman–Crippen LogP) is 0.993. The Hall–Kier alpha value is -2.14. The van der Waals surface area contributed by atoms with Crippen molar-refractivity contribution < 1.29 is 0 Å². The van der Waals surface area contributed by atoms with Gasteiger partial charge in [0, 0.05) is 12.3 Å². The number of aromatic nitrogens is 2. The summed E-state index contributed by atoms with van der Waals surface area (Å²) in [4.78, 5) is 25.0. The minimum absolute atomic E-state index is 0.377. The van der Waals surface area contributed by atoms with Gasteiger partial charge in [0.1, 0.15) is 0 Å². The van der Waals surface area contributed by atoms with E-state index in [0.29, 0.717) is 5.92 Å². The fraction of sp³-hybridized carbons (Fsp3) is 0.333. The monoisotopic (exact) mass is 271 g/mol. The minimum Gasteiger partial charge on any atom is -0.317 e. The van der Waals surface area contributed by atoms with Gasteiger partial charge < -0.3 is 5.32 Å². The molecule has 1 fully saturated rings. The highest BCUT2D eigenvalue weighted by molar-refractivity contribution is 5.36. The van der Waals surface area contributed by atoms with Crippen LogP contribution in [0.5, 0.6) is 0 Å². The summed E-state index contributed by atoms with van der Waals surface area (Å²) in [5.41, 5.74) is 1.29. The summed E-state index contributed by atoms with van der Waals surface area (Å²) >= 11 is 0. The highest BCUT2D eigenvalue weighted by Gasteiger charge is 2.14. The molecule has 0 bridgehead atoms. The van der Waals surface area contributed by atoms with Crippen molar-refractivity contribution in [2.45, 2.75) is 18.8 Å². The van der Waals surface area contributed by atoms with E-state index in [0.717, 1.165) is 31.6 Å². The molecular formula is C15H17N3O2. The molecule has 3 rings (SSSR count). The number of benzene rings is 1. The molecule has 20 heavy (non-hydrogen) atoms. The van der Waals surface area contributed by atoms with Crippen LogP contribution in [0.2, 0.25) is 0 Å². The number of piperidine rings is 1. The lowest BCUT2D eigenvalue weighted by Gasteiger charge is -2.23. The molecule has 5 heteroatoms. The van der Waals surface area contributed by atoms with Crippen LogP contribution < -0.4 is 16.6 Å². The molecule has 0 atom stereocenters. The Kier molecular flexibility index (Phi) is 3.52. The Morgan fingerprint density at radius 2 is 1.70 bits per heavy atom. The van der Waals surface area contributed by atoms with Gasteiger partial charge in [0.25, 0.3) is 5.56 Å². The van der Waals surface area contributed by atoms with Gasteiger partial charge in [-0.05, 0) is 49.5 Å². The molecule has 0 unspecified atom stereocenters. The van der Waals surface area contributed by atoms with E-state index in [1.165, 1.54) is 22.4 Å². The summed E-state index contributed by atoms with van der Waals surface area (Å²) < 4.78 is 1.44. The highest BCUT2D eigenvalue weighted by atomic mass is 16.2. The number of H-pyrrole nitrogens is 1. The average molecular weight is 271 g/mol. The van der Waals surface area contributed by atoms with Gasteiger partial charge in [-0.15, -0.1) is 0 Å². The number of aromatic amines is 1. The summed E-state index contributed by atoms with van der Waals surface area (Å²) in [6.45, 7) is 2.12. The van der Waals surface area contributed by atoms with E-state index in [2.05, 4.69) is 22.4 Å². The smallest absolute Gasteiger partial charge is 0.317 e. The molecule has 5 nitrogen and oxygen atoms in total. The first-order chi connectivity index (χ1) is 9.74. The fourth-order valence-electron chi connectivity index (χ4n) is 2.68. The van der Waals surface area contributed by atoms with Crippen molar-refractivity contribution in [3.8, 4) is 5.69 Å². The summed E-state index contributed by atoms with van der Waals surface area (Å²) in [5, 5.41) is 3.36. The molecule has 0 spiro atoms. The predicted molar refractivity (Wildman–Crippen MR) is 77.5 cm³/mol. The van der Waals surface area contributed by atoms with Gasteiger partial charge in [-0.2, -0.15) is 0 Å². The van der Waals surface area contributed by atoms with Crippen LogP contribution in [0.4, 0.5) is 0 Å². The van der Waals surface area contributed by atoms with Gasteiger partial charge in [-0.1, -0.05) is 12.1 Å². The van der Waals surface area contributed by atoms with E-state index < -0.39 is 5.69 Å². The molecule has 0 aliphatic carbocycles. The first kappa shape index (κ1) is 12.9. The van der Waals surface area contributed by atoms with E-state index in [9.17, 15) is 9.59 Å². The van der Waals surface area contributed by atoms with Gasteiger partial charge >= 0.3 is 5.69 Å². The van der Waals surface area contributed by atoms with E-state index >= 15 is 0 Å². The zero-order chi connectivity index (χ0) is 13.9. The van der Waals surface area contributed by atoms with E-state index in [1.807, 2.05) is 12.1 Å². The van der Waals surface area contributed by atoms with Crippen LogP contribution in [0.3, 0.4) is 0 Å². The largest absolute Gasteiger partial charge is 0.332 e. The van der Waals surface area contributed by atoms with E-state index in [1.54, 1.807) is 0 Å². The number of hydrogen-bond donors (Lipinski definition) is 2. The normalized spacial score (nSPS) is 16.2. The number of rotatable bonds is 2. The van der Waals surface area contributed by atoms with Crippen LogP contribution in [0, 0.1) is 0 Å². The molecule has 1 aliphatic rings. The molecule has 1 saturated heterocycles. The van der Waals surface area contributed by atoms with Gasteiger partial charge in [0.05, 0.1) is 5.69 Å². The lowest BCUT2D eigenvalue weighted by Crippen LogP contribution is -2.27. The van der Waals surface area contributed by atoms with Crippen molar-refractivity contribution in [2.24, 2.45) is 0 Å². The quantitative estimate of drug-likeness (QED) is 0.856. The van der Waals surface area contributed by atoms with E-state index in [-0.39, 0.29) is 5.56 Å². The van der Waals surface area contributed by atoms with Gasteiger partial charge in [-0.25, -0.2) is 4.79 Å². The van der Waals surface area contributed by atoms with Crippen molar-refractivity contribution in [1.29, 1.82) is 0 Å². The number of hydrogen-bond acceptors (Lipinski definition) is 3. The molecule has 0 saturated carbocycles. The molecular weight excluding hydrogens is 254 g/mol. The van der Waals surface area contributed by atoms with Crippen LogP contribution in [-0.4, -0.2) is 22.6 Å². The summed E-state index contributed by atoms with van der Waals surface area (Å²) in [6, 6.07) is 9.35. The number of nitrogens with one attached hydrogen (secondary N) is 2. The Balaban J connectivity index is 1.89. The molecule has 1 aromatic carbocycles. The molecule has 1 aliphatic heterocycles. The third kappa shape index (κ3) is 2.58.